The van der Waals surface area contributed by atoms with Crippen molar-refractivity contribution in [3.63, 3.8) is 0 Å². The predicted molar refractivity (Wildman–Crippen MR) is 86.5 cm³/mol. The Balaban J connectivity index is 2.41. The van der Waals surface area contributed by atoms with E-state index < -0.39 is 28.8 Å². The maximum atomic E-state index is 13.4. The van der Waals surface area contributed by atoms with Gasteiger partial charge in [-0.15, -0.1) is 0 Å². The van der Waals surface area contributed by atoms with Crippen molar-refractivity contribution >= 4 is 40.1 Å². The van der Waals surface area contributed by atoms with Gasteiger partial charge in [-0.2, -0.15) is 17.9 Å². The first-order valence-electron chi connectivity index (χ1n) is 6.74. The molecule has 0 aliphatic heterocycles. The molecule has 0 spiro atoms. The second-order valence-corrected chi connectivity index (χ2v) is 6.07. The van der Waals surface area contributed by atoms with Crippen LogP contribution in [0.5, 0.6) is 0 Å². The highest BCUT2D eigenvalue weighted by atomic mass is 35.5. The van der Waals surface area contributed by atoms with Gasteiger partial charge < -0.3 is 10.3 Å². The molecule has 2 aromatic carbocycles. The van der Waals surface area contributed by atoms with Crippen molar-refractivity contribution in [3.05, 3.63) is 57.7 Å². The summed E-state index contributed by atoms with van der Waals surface area (Å²) in [5.41, 5.74) is -1.82. The van der Waals surface area contributed by atoms with Gasteiger partial charge in [0.05, 0.1) is 11.1 Å². The summed E-state index contributed by atoms with van der Waals surface area (Å²) in [4.78, 5) is 11.1. The van der Waals surface area contributed by atoms with E-state index in [1.807, 2.05) is 0 Å². The van der Waals surface area contributed by atoms with Crippen LogP contribution in [0.4, 0.5) is 13.2 Å². The zero-order valence-corrected chi connectivity index (χ0v) is 13.6. The number of hydrogen-bond donors (Lipinski definition) is 2. The third-order valence-corrected chi connectivity index (χ3v) is 4.22. The number of carbonyl (C=O) groups is 1. The number of carboxylic acid groups (broad SMARTS) is 1. The Hall–Kier alpha value is -2.38. The number of halogens is 5. The maximum absolute atomic E-state index is 13.4. The van der Waals surface area contributed by atoms with Crippen LogP contribution in [0.15, 0.2) is 36.4 Å². The van der Waals surface area contributed by atoms with Gasteiger partial charge in [-0.25, -0.2) is 4.79 Å². The van der Waals surface area contributed by atoms with E-state index in [0.717, 1.165) is 12.1 Å². The summed E-state index contributed by atoms with van der Waals surface area (Å²) in [5.74, 6) is -1.56. The molecule has 1 aromatic heterocycles. The SMILES string of the molecule is O=C(O)c1cc2c(C(F)(F)F)cc(-c3cc(Cl)ccc3Cl)cc2n1O. The fourth-order valence-electron chi connectivity index (χ4n) is 2.55. The third-order valence-electron chi connectivity index (χ3n) is 3.66. The van der Waals surface area contributed by atoms with Crippen molar-refractivity contribution < 1.29 is 28.3 Å². The number of rotatable bonds is 2. The van der Waals surface area contributed by atoms with Gasteiger partial charge in [0, 0.05) is 21.0 Å². The van der Waals surface area contributed by atoms with E-state index in [1.165, 1.54) is 24.3 Å². The Morgan fingerprint density at radius 1 is 1.08 bits per heavy atom. The van der Waals surface area contributed by atoms with Crippen LogP contribution in [0.2, 0.25) is 10.0 Å². The molecule has 1 heterocycles. The second kappa shape index (κ2) is 5.86. The van der Waals surface area contributed by atoms with Gasteiger partial charge in [0.2, 0.25) is 0 Å². The molecule has 0 aliphatic carbocycles. The predicted octanol–water partition coefficient (Wildman–Crippen LogP) is 5.57. The number of carboxylic acids is 1. The highest BCUT2D eigenvalue weighted by Crippen LogP contribution is 2.40. The summed E-state index contributed by atoms with van der Waals surface area (Å²) in [6, 6.07) is 7.11. The van der Waals surface area contributed by atoms with Crippen LogP contribution in [-0.2, 0) is 6.18 Å². The number of nitrogens with zero attached hydrogens (tertiary/aromatic N) is 1. The quantitative estimate of drug-likeness (QED) is 0.563. The van der Waals surface area contributed by atoms with E-state index in [4.69, 9.17) is 28.3 Å². The lowest BCUT2D eigenvalue weighted by Gasteiger charge is -2.12. The number of aromatic carboxylic acids is 1. The summed E-state index contributed by atoms with van der Waals surface area (Å²) >= 11 is 11.9. The molecule has 0 atom stereocenters. The summed E-state index contributed by atoms with van der Waals surface area (Å²) in [6.07, 6.45) is -4.77. The average Bonchev–Trinajstić information content (AvgIpc) is 2.85. The molecule has 0 bridgehead atoms. The van der Waals surface area contributed by atoms with Crippen molar-refractivity contribution in [1.29, 1.82) is 0 Å². The first-order valence-corrected chi connectivity index (χ1v) is 7.50. The van der Waals surface area contributed by atoms with Gasteiger partial charge in [0.25, 0.3) is 0 Å². The van der Waals surface area contributed by atoms with Gasteiger partial charge in [-0.3, -0.25) is 0 Å². The molecule has 4 nitrogen and oxygen atoms in total. The van der Waals surface area contributed by atoms with Gasteiger partial charge in [0.15, 0.2) is 5.69 Å². The van der Waals surface area contributed by atoms with Crippen molar-refractivity contribution in [2.75, 3.05) is 0 Å². The van der Waals surface area contributed by atoms with Crippen LogP contribution in [0.1, 0.15) is 16.1 Å². The molecule has 0 aliphatic rings. The van der Waals surface area contributed by atoms with E-state index >= 15 is 0 Å². The molecule has 25 heavy (non-hydrogen) atoms. The Bertz CT molecular complexity index is 1010. The van der Waals surface area contributed by atoms with E-state index in [2.05, 4.69) is 0 Å². The van der Waals surface area contributed by atoms with Crippen LogP contribution in [-0.4, -0.2) is 21.0 Å². The summed E-state index contributed by atoms with van der Waals surface area (Å²) in [7, 11) is 0. The zero-order valence-electron chi connectivity index (χ0n) is 12.1. The minimum absolute atomic E-state index is 0.0395. The fourth-order valence-corrected chi connectivity index (χ4v) is 2.95. The molecule has 0 fully saturated rings. The van der Waals surface area contributed by atoms with Gasteiger partial charge in [-0.05, 0) is 42.0 Å². The molecule has 0 unspecified atom stereocenters. The molecular weight excluding hydrogens is 382 g/mol. The minimum atomic E-state index is -4.77. The number of benzene rings is 2. The zero-order chi connectivity index (χ0) is 18.5. The molecule has 9 heteroatoms. The van der Waals surface area contributed by atoms with E-state index in [1.54, 1.807) is 0 Å². The summed E-state index contributed by atoms with van der Waals surface area (Å²) < 4.78 is 40.5. The summed E-state index contributed by atoms with van der Waals surface area (Å²) in [6.45, 7) is 0. The molecular formula is C16H8Cl2F3NO3. The van der Waals surface area contributed by atoms with Crippen LogP contribution in [0.3, 0.4) is 0 Å². The smallest absolute Gasteiger partial charge is 0.417 e. The van der Waals surface area contributed by atoms with Crippen LogP contribution in [0.25, 0.3) is 22.0 Å². The molecule has 0 saturated heterocycles. The van der Waals surface area contributed by atoms with Crippen molar-refractivity contribution in [3.8, 4) is 11.1 Å². The van der Waals surface area contributed by atoms with Crippen LogP contribution < -0.4 is 0 Å². The number of hydrogen-bond acceptors (Lipinski definition) is 2. The Morgan fingerprint density at radius 3 is 2.36 bits per heavy atom. The molecule has 0 amide bonds. The second-order valence-electron chi connectivity index (χ2n) is 5.23. The Kier molecular flexibility index (Phi) is 4.09. The first-order chi connectivity index (χ1) is 11.6. The van der Waals surface area contributed by atoms with Crippen LogP contribution >= 0.6 is 23.2 Å². The fraction of sp³-hybridized carbons (Fsp3) is 0.0625. The summed E-state index contributed by atoms with van der Waals surface area (Å²) in [5, 5.41) is 19.0. The van der Waals surface area contributed by atoms with Crippen molar-refractivity contribution in [2.45, 2.75) is 6.18 Å². The highest BCUT2D eigenvalue weighted by Gasteiger charge is 2.35. The molecule has 0 radical (unpaired) electrons. The van der Waals surface area contributed by atoms with Gasteiger partial charge >= 0.3 is 12.1 Å². The number of aromatic nitrogens is 1. The lowest BCUT2D eigenvalue weighted by molar-refractivity contribution is -0.136. The Morgan fingerprint density at radius 2 is 1.76 bits per heavy atom. The molecule has 3 aromatic rings. The molecule has 2 N–H and O–H groups in total. The monoisotopic (exact) mass is 389 g/mol. The third kappa shape index (κ3) is 3.01. The molecule has 130 valence electrons. The van der Waals surface area contributed by atoms with E-state index in [-0.39, 0.29) is 31.4 Å². The lowest BCUT2D eigenvalue weighted by atomic mass is 9.99. The van der Waals surface area contributed by atoms with Crippen LogP contribution in [0, 0.1) is 0 Å². The van der Waals surface area contributed by atoms with Crippen molar-refractivity contribution in [2.24, 2.45) is 0 Å². The van der Waals surface area contributed by atoms with Gasteiger partial charge in [0.1, 0.15) is 0 Å². The largest absolute Gasteiger partial charge is 0.476 e. The standard InChI is InChI=1S/C16H8Cl2F3NO3/c17-8-1-2-12(18)9(5-8)7-3-11(16(19,20)21)10-6-14(15(23)24)22(25)13(10)4-7/h1-6,25H,(H,23,24). The van der Waals surface area contributed by atoms with E-state index in [9.17, 15) is 23.2 Å². The first kappa shape index (κ1) is 17.4. The van der Waals surface area contributed by atoms with E-state index in [0.29, 0.717) is 0 Å². The Labute approximate surface area is 148 Å². The maximum Gasteiger partial charge on any atom is 0.417 e. The average molecular weight is 390 g/mol. The highest BCUT2D eigenvalue weighted by molar-refractivity contribution is 6.35. The lowest BCUT2D eigenvalue weighted by Crippen LogP contribution is -2.06. The number of fused-ring (bicyclic) bond motifs is 1. The molecule has 0 saturated carbocycles. The number of alkyl halides is 3. The molecule has 3 rings (SSSR count). The minimum Gasteiger partial charge on any atom is -0.476 e. The topological polar surface area (TPSA) is 62.5 Å². The van der Waals surface area contributed by atoms with Crippen molar-refractivity contribution in [1.82, 2.24) is 4.73 Å². The van der Waals surface area contributed by atoms with Gasteiger partial charge in [-0.1, -0.05) is 23.2 Å². The normalized spacial score (nSPS) is 11.9.